The summed E-state index contributed by atoms with van der Waals surface area (Å²) in [5.74, 6) is -0.864. The topological polar surface area (TPSA) is 73.0 Å². The normalized spacial score (nSPS) is 19.3. The first-order valence-electron chi connectivity index (χ1n) is 10.9. The third-order valence-corrected chi connectivity index (χ3v) is 6.70. The molecule has 0 spiro atoms. The second-order valence-corrected chi connectivity index (χ2v) is 9.07. The molecule has 168 valence electrons. The Bertz CT molecular complexity index is 976. The van der Waals surface area contributed by atoms with Gasteiger partial charge >= 0.3 is 0 Å². The summed E-state index contributed by atoms with van der Waals surface area (Å²) in [5.41, 5.74) is 2.03. The number of halogens is 1. The van der Waals surface area contributed by atoms with Crippen LogP contribution in [0.3, 0.4) is 0 Å². The van der Waals surface area contributed by atoms with Gasteiger partial charge in [0.1, 0.15) is 0 Å². The lowest BCUT2D eigenvalue weighted by Gasteiger charge is -2.34. The molecule has 2 aliphatic heterocycles. The van der Waals surface area contributed by atoms with Gasteiger partial charge in [0.05, 0.1) is 18.2 Å². The zero-order chi connectivity index (χ0) is 22.5. The molecule has 8 heteroatoms. The van der Waals surface area contributed by atoms with Crippen molar-refractivity contribution in [3.05, 3.63) is 64.6 Å². The fourth-order valence-electron chi connectivity index (χ4n) is 4.20. The van der Waals surface area contributed by atoms with Crippen LogP contribution in [0.2, 0.25) is 0 Å². The Labute approximate surface area is 196 Å². The van der Waals surface area contributed by atoms with Crippen molar-refractivity contribution < 1.29 is 14.4 Å². The maximum absolute atomic E-state index is 12.6. The third kappa shape index (κ3) is 5.37. The average molecular weight is 499 g/mol. The minimum atomic E-state index is -0.454. The molecule has 0 saturated carbocycles. The predicted octanol–water partition coefficient (Wildman–Crippen LogP) is 2.26. The lowest BCUT2D eigenvalue weighted by atomic mass is 10.1. The average Bonchev–Trinajstić information content (AvgIpc) is 3.20. The van der Waals surface area contributed by atoms with Crippen LogP contribution in [0.4, 0.5) is 5.69 Å². The summed E-state index contributed by atoms with van der Waals surface area (Å²) in [6, 6.07) is 17.8. The van der Waals surface area contributed by atoms with Gasteiger partial charge in [-0.1, -0.05) is 42.5 Å². The van der Waals surface area contributed by atoms with E-state index in [9.17, 15) is 14.4 Å². The Balaban J connectivity index is 1.22. The van der Waals surface area contributed by atoms with Crippen LogP contribution in [0.25, 0.3) is 0 Å². The molecule has 2 fully saturated rings. The third-order valence-electron chi connectivity index (χ3n) is 6.03. The van der Waals surface area contributed by atoms with Crippen LogP contribution in [0.15, 0.2) is 59.1 Å². The molecule has 2 aromatic carbocycles. The lowest BCUT2D eigenvalue weighted by molar-refractivity contribution is -0.135. The highest BCUT2D eigenvalue weighted by Crippen LogP contribution is 2.31. The van der Waals surface area contributed by atoms with Gasteiger partial charge in [-0.3, -0.25) is 19.3 Å². The first-order chi connectivity index (χ1) is 15.5. The SMILES string of the molecule is O=C(NCC(=O)N1CCN(Cc2ccccc2)CC1)C1CC(=O)N(c2ccccc2Br)C1. The molecule has 0 aromatic heterocycles. The van der Waals surface area contributed by atoms with E-state index >= 15 is 0 Å². The summed E-state index contributed by atoms with van der Waals surface area (Å²) in [6.45, 7) is 4.10. The Kier molecular flexibility index (Phi) is 7.22. The van der Waals surface area contributed by atoms with Crippen molar-refractivity contribution in [1.29, 1.82) is 0 Å². The maximum atomic E-state index is 12.6. The highest BCUT2D eigenvalue weighted by Gasteiger charge is 2.36. The van der Waals surface area contributed by atoms with Crippen molar-refractivity contribution in [1.82, 2.24) is 15.1 Å². The number of amides is 3. The number of hydrogen-bond donors (Lipinski definition) is 1. The molecule has 2 aliphatic rings. The van der Waals surface area contributed by atoms with Gasteiger partial charge in [0, 0.05) is 50.2 Å². The number of carbonyl (C=O) groups is 3. The van der Waals surface area contributed by atoms with Gasteiger partial charge in [-0.15, -0.1) is 0 Å². The van der Waals surface area contributed by atoms with E-state index in [1.54, 1.807) is 9.80 Å². The number of nitrogens with one attached hydrogen (secondary N) is 1. The van der Waals surface area contributed by atoms with Crippen molar-refractivity contribution in [3.63, 3.8) is 0 Å². The van der Waals surface area contributed by atoms with Gasteiger partial charge in [-0.2, -0.15) is 0 Å². The number of anilines is 1. The summed E-state index contributed by atoms with van der Waals surface area (Å²) < 4.78 is 0.816. The quantitative estimate of drug-likeness (QED) is 0.662. The lowest BCUT2D eigenvalue weighted by Crippen LogP contribution is -2.51. The summed E-state index contributed by atoms with van der Waals surface area (Å²) in [5, 5.41) is 2.75. The van der Waals surface area contributed by atoms with Crippen LogP contribution in [-0.2, 0) is 20.9 Å². The molecule has 1 atom stereocenters. The van der Waals surface area contributed by atoms with E-state index in [2.05, 4.69) is 38.3 Å². The molecule has 0 radical (unpaired) electrons. The first-order valence-corrected chi connectivity index (χ1v) is 11.7. The highest BCUT2D eigenvalue weighted by molar-refractivity contribution is 9.10. The fourth-order valence-corrected chi connectivity index (χ4v) is 4.70. The van der Waals surface area contributed by atoms with Crippen molar-refractivity contribution in [2.75, 3.05) is 44.2 Å². The molecule has 1 unspecified atom stereocenters. The van der Waals surface area contributed by atoms with E-state index in [-0.39, 0.29) is 30.7 Å². The van der Waals surface area contributed by atoms with E-state index in [1.165, 1.54) is 5.56 Å². The molecular weight excluding hydrogens is 472 g/mol. The number of nitrogens with zero attached hydrogens (tertiary/aromatic N) is 3. The van der Waals surface area contributed by atoms with Gasteiger partial charge in [-0.25, -0.2) is 0 Å². The summed E-state index contributed by atoms with van der Waals surface area (Å²) in [7, 11) is 0. The van der Waals surface area contributed by atoms with Crippen LogP contribution in [-0.4, -0.2) is 66.8 Å². The molecule has 3 amide bonds. The Morgan fingerprint density at radius 3 is 2.38 bits per heavy atom. The van der Waals surface area contributed by atoms with Gasteiger partial charge in [0.25, 0.3) is 0 Å². The number of rotatable bonds is 6. The molecular formula is C24H27BrN4O3. The molecule has 32 heavy (non-hydrogen) atoms. The summed E-state index contributed by atoms with van der Waals surface area (Å²) >= 11 is 3.46. The van der Waals surface area contributed by atoms with Crippen LogP contribution < -0.4 is 10.2 Å². The predicted molar refractivity (Wildman–Crippen MR) is 126 cm³/mol. The Morgan fingerprint density at radius 2 is 1.66 bits per heavy atom. The smallest absolute Gasteiger partial charge is 0.242 e. The van der Waals surface area contributed by atoms with Gasteiger partial charge in [0.15, 0.2) is 0 Å². The molecule has 1 N–H and O–H groups in total. The Hall–Kier alpha value is -2.71. The van der Waals surface area contributed by atoms with Crippen LogP contribution in [0, 0.1) is 5.92 Å². The monoisotopic (exact) mass is 498 g/mol. The van der Waals surface area contributed by atoms with Crippen LogP contribution in [0.1, 0.15) is 12.0 Å². The first kappa shape index (κ1) is 22.5. The van der Waals surface area contributed by atoms with Gasteiger partial charge < -0.3 is 15.1 Å². The van der Waals surface area contributed by atoms with E-state index in [1.807, 2.05) is 42.5 Å². The number of piperazine rings is 1. The second-order valence-electron chi connectivity index (χ2n) is 8.22. The van der Waals surface area contributed by atoms with Gasteiger partial charge in [0.2, 0.25) is 17.7 Å². The van der Waals surface area contributed by atoms with Gasteiger partial charge in [-0.05, 0) is 33.6 Å². The van der Waals surface area contributed by atoms with E-state index in [0.717, 1.165) is 29.8 Å². The zero-order valence-corrected chi connectivity index (χ0v) is 19.5. The van der Waals surface area contributed by atoms with Crippen LogP contribution >= 0.6 is 15.9 Å². The molecule has 4 rings (SSSR count). The maximum Gasteiger partial charge on any atom is 0.242 e. The number of benzene rings is 2. The van der Waals surface area contributed by atoms with E-state index in [0.29, 0.717) is 19.6 Å². The zero-order valence-electron chi connectivity index (χ0n) is 17.9. The van der Waals surface area contributed by atoms with E-state index in [4.69, 9.17) is 0 Å². The molecule has 7 nitrogen and oxygen atoms in total. The summed E-state index contributed by atoms with van der Waals surface area (Å²) in [6.07, 6.45) is 0.152. The fraction of sp³-hybridized carbons (Fsp3) is 0.375. The number of carbonyl (C=O) groups excluding carboxylic acids is 3. The molecule has 2 heterocycles. The van der Waals surface area contributed by atoms with Crippen molar-refractivity contribution >= 4 is 39.3 Å². The highest BCUT2D eigenvalue weighted by atomic mass is 79.9. The minimum Gasteiger partial charge on any atom is -0.347 e. The van der Waals surface area contributed by atoms with Crippen molar-refractivity contribution in [2.45, 2.75) is 13.0 Å². The van der Waals surface area contributed by atoms with Crippen molar-refractivity contribution in [2.24, 2.45) is 5.92 Å². The van der Waals surface area contributed by atoms with Crippen molar-refractivity contribution in [3.8, 4) is 0 Å². The Morgan fingerprint density at radius 1 is 0.969 bits per heavy atom. The van der Waals surface area contributed by atoms with E-state index < -0.39 is 5.92 Å². The number of para-hydroxylation sites is 1. The number of hydrogen-bond acceptors (Lipinski definition) is 4. The largest absolute Gasteiger partial charge is 0.347 e. The van der Waals surface area contributed by atoms with Crippen LogP contribution in [0.5, 0.6) is 0 Å². The minimum absolute atomic E-state index is 0.0305. The molecule has 0 bridgehead atoms. The molecule has 2 aromatic rings. The molecule has 2 saturated heterocycles. The standard InChI is InChI=1S/C24H27BrN4O3/c25-20-8-4-5-9-21(20)29-17-19(14-22(29)30)24(32)26-15-23(31)28-12-10-27(11-13-28)16-18-6-2-1-3-7-18/h1-9,19H,10-17H2,(H,26,32). The second kappa shape index (κ2) is 10.3. The molecule has 0 aliphatic carbocycles. The summed E-state index contributed by atoms with van der Waals surface area (Å²) in [4.78, 5) is 43.4.